The van der Waals surface area contributed by atoms with E-state index < -0.39 is 6.10 Å². The largest absolute Gasteiger partial charge is 0.475 e. The molecule has 1 fully saturated rings. The van der Waals surface area contributed by atoms with Crippen molar-refractivity contribution in [3.63, 3.8) is 0 Å². The number of ketones is 2. The normalized spacial score (nSPS) is 15.4. The molecule has 1 aromatic carbocycles. The van der Waals surface area contributed by atoms with Crippen LogP contribution in [0.15, 0.2) is 18.2 Å². The molecule has 0 aromatic heterocycles. The molecule has 0 aliphatic heterocycles. The Labute approximate surface area is 112 Å². The van der Waals surface area contributed by atoms with Gasteiger partial charge in [0.15, 0.2) is 11.6 Å². The summed E-state index contributed by atoms with van der Waals surface area (Å²) in [6, 6.07) is 7.01. The van der Waals surface area contributed by atoms with Gasteiger partial charge in [-0.3, -0.25) is 9.59 Å². The third-order valence-corrected chi connectivity index (χ3v) is 3.04. The van der Waals surface area contributed by atoms with Gasteiger partial charge < -0.3 is 4.74 Å². The van der Waals surface area contributed by atoms with Crippen LogP contribution in [-0.2, 0) is 9.59 Å². The minimum atomic E-state index is -1.04. The van der Waals surface area contributed by atoms with Crippen molar-refractivity contribution >= 4 is 11.6 Å². The number of carbonyl (C=O) groups is 2. The van der Waals surface area contributed by atoms with Gasteiger partial charge in [0.1, 0.15) is 5.75 Å². The molecule has 1 aliphatic rings. The lowest BCUT2D eigenvalue weighted by Gasteiger charge is -2.15. The Morgan fingerprint density at radius 3 is 2.58 bits per heavy atom. The lowest BCUT2D eigenvalue weighted by molar-refractivity contribution is -0.136. The molecule has 0 bridgehead atoms. The van der Waals surface area contributed by atoms with Gasteiger partial charge in [-0.2, -0.15) is 5.26 Å². The maximum atomic E-state index is 12.0. The summed E-state index contributed by atoms with van der Waals surface area (Å²) in [5.41, 5.74) is 1.31. The predicted octanol–water partition coefficient (Wildman–Crippen LogP) is 2.18. The smallest absolute Gasteiger partial charge is 0.214 e. The molecule has 0 N–H and O–H groups in total. The zero-order valence-electron chi connectivity index (χ0n) is 11.0. The van der Waals surface area contributed by atoms with E-state index in [1.165, 1.54) is 6.92 Å². The fraction of sp³-hybridized carbons (Fsp3) is 0.400. The standard InChI is InChI=1S/C15H15NO3/c1-9-5-11(8-16)7-13(6-9)19-15(10(2)17)14(18)12-3-4-12/h5-7,12,15H,3-4H2,1-2H3. The van der Waals surface area contributed by atoms with Crippen LogP contribution in [0.25, 0.3) is 0 Å². The highest BCUT2D eigenvalue weighted by Crippen LogP contribution is 2.32. The molecule has 98 valence electrons. The molecule has 1 aromatic rings. The summed E-state index contributed by atoms with van der Waals surface area (Å²) >= 11 is 0. The van der Waals surface area contributed by atoms with E-state index in [4.69, 9.17) is 10.00 Å². The topological polar surface area (TPSA) is 67.2 Å². The van der Waals surface area contributed by atoms with Gasteiger partial charge in [-0.1, -0.05) is 0 Å². The number of hydrogen-bond acceptors (Lipinski definition) is 4. The maximum absolute atomic E-state index is 12.0. The summed E-state index contributed by atoms with van der Waals surface area (Å²) in [5.74, 6) is -0.0793. The van der Waals surface area contributed by atoms with E-state index >= 15 is 0 Å². The average molecular weight is 257 g/mol. The molecule has 1 aliphatic carbocycles. The zero-order chi connectivity index (χ0) is 14.0. The molecular weight excluding hydrogens is 242 g/mol. The Bertz CT molecular complexity index is 567. The highest BCUT2D eigenvalue weighted by Gasteiger charge is 2.38. The summed E-state index contributed by atoms with van der Waals surface area (Å²) in [6.45, 7) is 3.19. The molecular formula is C15H15NO3. The lowest BCUT2D eigenvalue weighted by Crippen LogP contribution is -2.35. The summed E-state index contributed by atoms with van der Waals surface area (Å²) in [4.78, 5) is 23.5. The van der Waals surface area contributed by atoms with Crippen LogP contribution < -0.4 is 4.74 Å². The second-order valence-corrected chi connectivity index (χ2v) is 4.93. The van der Waals surface area contributed by atoms with Crippen molar-refractivity contribution in [1.29, 1.82) is 5.26 Å². The van der Waals surface area contributed by atoms with Crippen molar-refractivity contribution in [2.75, 3.05) is 0 Å². The number of hydrogen-bond donors (Lipinski definition) is 0. The van der Waals surface area contributed by atoms with E-state index in [9.17, 15) is 9.59 Å². The van der Waals surface area contributed by atoms with E-state index in [-0.39, 0.29) is 17.5 Å². The molecule has 0 saturated heterocycles. The molecule has 19 heavy (non-hydrogen) atoms. The van der Waals surface area contributed by atoms with Crippen LogP contribution in [-0.4, -0.2) is 17.7 Å². The van der Waals surface area contributed by atoms with Crippen molar-refractivity contribution in [2.24, 2.45) is 5.92 Å². The number of nitriles is 1. The van der Waals surface area contributed by atoms with Gasteiger partial charge in [-0.05, 0) is 50.5 Å². The van der Waals surface area contributed by atoms with E-state index in [0.717, 1.165) is 18.4 Å². The molecule has 1 unspecified atom stereocenters. The number of benzene rings is 1. The molecule has 1 saturated carbocycles. The Morgan fingerprint density at radius 1 is 1.37 bits per heavy atom. The summed E-state index contributed by atoms with van der Waals surface area (Å²) in [7, 11) is 0. The average Bonchev–Trinajstić information content (AvgIpc) is 3.18. The molecule has 4 heteroatoms. The Hall–Kier alpha value is -2.15. The van der Waals surface area contributed by atoms with Gasteiger partial charge in [0, 0.05) is 5.92 Å². The van der Waals surface area contributed by atoms with Gasteiger partial charge in [0.25, 0.3) is 0 Å². The number of Topliss-reactive ketones (excluding diaryl/α,β-unsaturated/α-hetero) is 2. The van der Waals surface area contributed by atoms with E-state index in [1.807, 2.05) is 13.0 Å². The minimum Gasteiger partial charge on any atom is -0.475 e. The SMILES string of the molecule is CC(=O)C(Oc1cc(C)cc(C#N)c1)C(=O)C1CC1. The number of nitrogens with zero attached hydrogens (tertiary/aromatic N) is 1. The fourth-order valence-electron chi connectivity index (χ4n) is 1.94. The van der Waals surface area contributed by atoms with Gasteiger partial charge >= 0.3 is 0 Å². The molecule has 0 spiro atoms. The third-order valence-electron chi connectivity index (χ3n) is 3.04. The Balaban J connectivity index is 2.21. The van der Waals surface area contributed by atoms with Crippen LogP contribution >= 0.6 is 0 Å². The Kier molecular flexibility index (Phi) is 3.66. The maximum Gasteiger partial charge on any atom is 0.214 e. The van der Waals surface area contributed by atoms with Crippen LogP contribution in [0.3, 0.4) is 0 Å². The first-order valence-electron chi connectivity index (χ1n) is 6.24. The molecule has 1 atom stereocenters. The predicted molar refractivity (Wildman–Crippen MR) is 68.7 cm³/mol. The Morgan fingerprint density at radius 2 is 2.05 bits per heavy atom. The van der Waals surface area contributed by atoms with E-state index in [2.05, 4.69) is 0 Å². The van der Waals surface area contributed by atoms with Gasteiger partial charge in [0.2, 0.25) is 6.10 Å². The molecule has 4 nitrogen and oxygen atoms in total. The van der Waals surface area contributed by atoms with Crippen LogP contribution in [0.5, 0.6) is 5.75 Å². The molecule has 0 radical (unpaired) electrons. The minimum absolute atomic E-state index is 0.0332. The number of rotatable bonds is 5. The van der Waals surface area contributed by atoms with Gasteiger partial charge in [-0.25, -0.2) is 0 Å². The number of aryl methyl sites for hydroxylation is 1. The first-order valence-corrected chi connectivity index (χ1v) is 6.24. The second-order valence-electron chi connectivity index (χ2n) is 4.93. The van der Waals surface area contributed by atoms with Crippen LogP contribution in [0.1, 0.15) is 30.9 Å². The van der Waals surface area contributed by atoms with E-state index in [1.54, 1.807) is 18.2 Å². The van der Waals surface area contributed by atoms with Crippen molar-refractivity contribution in [1.82, 2.24) is 0 Å². The first kappa shape index (κ1) is 13.3. The van der Waals surface area contributed by atoms with E-state index in [0.29, 0.717) is 11.3 Å². The monoisotopic (exact) mass is 257 g/mol. The molecule has 0 heterocycles. The van der Waals surface area contributed by atoms with Crippen molar-refractivity contribution < 1.29 is 14.3 Å². The van der Waals surface area contributed by atoms with Gasteiger partial charge in [0.05, 0.1) is 11.6 Å². The second kappa shape index (κ2) is 5.23. The van der Waals surface area contributed by atoms with Gasteiger partial charge in [-0.15, -0.1) is 0 Å². The number of ether oxygens (including phenoxy) is 1. The summed E-state index contributed by atoms with van der Waals surface area (Å²) in [6.07, 6.45) is 0.632. The lowest BCUT2D eigenvalue weighted by atomic mass is 10.1. The van der Waals surface area contributed by atoms with Crippen molar-refractivity contribution in [2.45, 2.75) is 32.8 Å². The summed E-state index contributed by atoms with van der Waals surface area (Å²) < 4.78 is 5.51. The van der Waals surface area contributed by atoms with Crippen LogP contribution in [0.4, 0.5) is 0 Å². The number of carbonyl (C=O) groups excluding carboxylic acids is 2. The van der Waals surface area contributed by atoms with Crippen LogP contribution in [0.2, 0.25) is 0 Å². The fourth-order valence-corrected chi connectivity index (χ4v) is 1.94. The quantitative estimate of drug-likeness (QED) is 0.758. The molecule has 0 amide bonds. The van der Waals surface area contributed by atoms with Crippen LogP contribution in [0, 0.1) is 24.2 Å². The van der Waals surface area contributed by atoms with Crippen molar-refractivity contribution in [3.05, 3.63) is 29.3 Å². The van der Waals surface area contributed by atoms with Crippen molar-refractivity contribution in [3.8, 4) is 11.8 Å². The highest BCUT2D eigenvalue weighted by molar-refractivity contribution is 6.06. The summed E-state index contributed by atoms with van der Waals surface area (Å²) in [5, 5.41) is 8.90. The first-order chi connectivity index (χ1) is 9.01. The third kappa shape index (κ3) is 3.19. The molecule has 2 rings (SSSR count). The highest BCUT2D eigenvalue weighted by atomic mass is 16.5. The zero-order valence-corrected chi connectivity index (χ0v) is 11.0.